The van der Waals surface area contributed by atoms with Crippen LogP contribution >= 0.6 is 0 Å². The van der Waals surface area contributed by atoms with Gasteiger partial charge >= 0.3 is 5.97 Å². The van der Waals surface area contributed by atoms with Crippen molar-refractivity contribution in [1.29, 1.82) is 0 Å². The lowest BCUT2D eigenvalue weighted by Crippen LogP contribution is -2.47. The fourth-order valence-corrected chi connectivity index (χ4v) is 6.49. The molecule has 2 saturated carbocycles. The molecule has 0 spiro atoms. The molecule has 0 saturated heterocycles. The van der Waals surface area contributed by atoms with E-state index < -0.39 is 26.8 Å². The van der Waals surface area contributed by atoms with Gasteiger partial charge in [0.25, 0.3) is 0 Å². The van der Waals surface area contributed by atoms with E-state index >= 15 is 0 Å². The molecule has 2 fully saturated rings. The Morgan fingerprint density at radius 1 is 0.951 bits per heavy atom. The Kier molecular flexibility index (Phi) is 6.93. The zero-order valence-corrected chi connectivity index (χ0v) is 23.8. The number of rotatable bonds is 9. The Balaban J connectivity index is 1.44. The second-order valence-electron chi connectivity index (χ2n) is 11.3. The summed E-state index contributed by atoms with van der Waals surface area (Å²) in [7, 11) is -3.45. The van der Waals surface area contributed by atoms with Crippen molar-refractivity contribution in [2.45, 2.75) is 61.0 Å². The van der Waals surface area contributed by atoms with Crippen LogP contribution in [0, 0.1) is 5.92 Å². The molecule has 0 amide bonds. The average Bonchev–Trinajstić information content (AvgIpc) is 3.69. The van der Waals surface area contributed by atoms with Gasteiger partial charge in [-0.05, 0) is 68.2 Å². The number of sulfone groups is 1. The van der Waals surface area contributed by atoms with E-state index in [1.165, 1.54) is 12.1 Å². The largest absolute Gasteiger partial charge is 0.481 e. The molecule has 1 N–H and O–H groups in total. The third-order valence-electron chi connectivity index (χ3n) is 8.43. The quantitative estimate of drug-likeness (QED) is 0.277. The smallest absolute Gasteiger partial charge is 0.314 e. The number of ether oxygens (including phenoxy) is 1. The van der Waals surface area contributed by atoms with Gasteiger partial charge in [-0.3, -0.25) is 4.79 Å². The number of benzene rings is 3. The highest BCUT2D eigenvalue weighted by molar-refractivity contribution is 7.90. The monoisotopic (exact) mass is 571 g/mol. The summed E-state index contributed by atoms with van der Waals surface area (Å²) in [5.74, 6) is 1.32. The van der Waals surface area contributed by atoms with Crippen molar-refractivity contribution in [1.82, 2.24) is 14.8 Å². The van der Waals surface area contributed by atoms with Crippen molar-refractivity contribution in [3.63, 3.8) is 0 Å². The molecule has 212 valence electrons. The molecule has 0 bridgehead atoms. The van der Waals surface area contributed by atoms with Gasteiger partial charge in [0.2, 0.25) is 0 Å². The van der Waals surface area contributed by atoms with Crippen LogP contribution in [0.1, 0.15) is 49.9 Å². The number of carboxylic acid groups (broad SMARTS) is 1. The molecule has 3 aromatic carbocycles. The highest BCUT2D eigenvalue weighted by Gasteiger charge is 2.52. The van der Waals surface area contributed by atoms with Crippen LogP contribution in [0.25, 0.3) is 11.4 Å². The molecule has 1 heterocycles. The van der Waals surface area contributed by atoms with Crippen LogP contribution in [-0.4, -0.2) is 40.5 Å². The second kappa shape index (κ2) is 10.4. The molecule has 0 atom stereocenters. The summed E-state index contributed by atoms with van der Waals surface area (Å²) in [4.78, 5) is 18.0. The molecule has 0 unspecified atom stereocenters. The predicted molar refractivity (Wildman–Crippen MR) is 154 cm³/mol. The number of hydrogen-bond donors (Lipinski definition) is 1. The molecule has 1 aromatic heterocycles. The molecule has 0 radical (unpaired) electrons. The molecule has 0 aliphatic heterocycles. The molecule has 41 heavy (non-hydrogen) atoms. The lowest BCUT2D eigenvalue weighted by molar-refractivity contribution is -0.147. The first-order valence-electron chi connectivity index (χ1n) is 14.0. The molecule has 9 heteroatoms. The lowest BCUT2D eigenvalue weighted by Gasteiger charge is -2.43. The van der Waals surface area contributed by atoms with Crippen molar-refractivity contribution < 1.29 is 23.1 Å². The van der Waals surface area contributed by atoms with E-state index in [0.29, 0.717) is 43.2 Å². The normalized spacial score (nSPS) is 22.8. The van der Waals surface area contributed by atoms with Gasteiger partial charge in [-0.25, -0.2) is 18.1 Å². The third-order valence-corrected chi connectivity index (χ3v) is 9.54. The maximum atomic E-state index is 12.8. The summed E-state index contributed by atoms with van der Waals surface area (Å²) in [5, 5.41) is 15.5. The third kappa shape index (κ3) is 5.38. The van der Waals surface area contributed by atoms with Crippen LogP contribution in [0.4, 0.5) is 0 Å². The van der Waals surface area contributed by atoms with E-state index in [1.807, 2.05) is 65.3 Å². The average molecular weight is 572 g/mol. The van der Waals surface area contributed by atoms with Gasteiger partial charge in [0.15, 0.2) is 27.1 Å². The molecule has 8 nitrogen and oxygen atoms in total. The Morgan fingerprint density at radius 2 is 1.61 bits per heavy atom. The van der Waals surface area contributed by atoms with Crippen molar-refractivity contribution >= 4 is 15.8 Å². The standard InChI is InChI=1S/C32H33N3O5S/c1-41(38,39)27-14-8-13-26(21-27)40-32(19-17-31(18-20-32,30(36)37)25-11-6-3-7-12-25)29-33-28(24-9-4-2-5-10-24)35(34-29)22-23-15-16-23/h2-14,21,23H,15-20,22H2,1H3,(H,36,37). The van der Waals surface area contributed by atoms with Gasteiger partial charge in [0.05, 0.1) is 10.3 Å². The van der Waals surface area contributed by atoms with Gasteiger partial charge < -0.3 is 9.84 Å². The van der Waals surface area contributed by atoms with Crippen LogP contribution in [0.15, 0.2) is 89.8 Å². The van der Waals surface area contributed by atoms with Crippen molar-refractivity contribution in [3.05, 3.63) is 96.3 Å². The minimum absolute atomic E-state index is 0.155. The first kappa shape index (κ1) is 27.2. The van der Waals surface area contributed by atoms with Crippen LogP contribution in [-0.2, 0) is 32.2 Å². The Bertz CT molecular complexity index is 1660. The van der Waals surface area contributed by atoms with Crippen molar-refractivity contribution in [2.24, 2.45) is 5.92 Å². The van der Waals surface area contributed by atoms with Crippen LogP contribution in [0.2, 0.25) is 0 Å². The number of carbonyl (C=O) groups is 1. The lowest BCUT2D eigenvalue weighted by atomic mass is 9.65. The summed E-state index contributed by atoms with van der Waals surface area (Å²) in [6, 6.07) is 25.7. The number of nitrogens with zero attached hydrogens (tertiary/aromatic N) is 3. The first-order chi connectivity index (χ1) is 19.7. The van der Waals surface area contributed by atoms with E-state index in [4.69, 9.17) is 14.8 Å². The number of carboxylic acids is 1. The van der Waals surface area contributed by atoms with E-state index in [1.54, 1.807) is 12.1 Å². The summed E-state index contributed by atoms with van der Waals surface area (Å²) in [6.45, 7) is 0.750. The van der Waals surface area contributed by atoms with E-state index in [2.05, 4.69) is 0 Å². The van der Waals surface area contributed by atoms with Crippen LogP contribution in [0.5, 0.6) is 5.75 Å². The van der Waals surface area contributed by atoms with Crippen molar-refractivity contribution in [3.8, 4) is 17.1 Å². The zero-order valence-electron chi connectivity index (χ0n) is 22.9. The summed E-state index contributed by atoms with van der Waals surface area (Å²) >= 11 is 0. The van der Waals surface area contributed by atoms with E-state index in [0.717, 1.165) is 42.6 Å². The number of aliphatic carboxylic acids is 1. The Labute approximate surface area is 239 Å². The van der Waals surface area contributed by atoms with Gasteiger partial charge in [0.1, 0.15) is 5.75 Å². The predicted octanol–water partition coefficient (Wildman–Crippen LogP) is 5.63. The highest BCUT2D eigenvalue weighted by Crippen LogP contribution is 2.49. The SMILES string of the molecule is CS(=O)(=O)c1cccc(OC2(c3nc(-c4ccccc4)n(CC4CC4)n3)CCC(C(=O)O)(c3ccccc3)CC2)c1. The highest BCUT2D eigenvalue weighted by atomic mass is 32.2. The van der Waals surface area contributed by atoms with Gasteiger partial charge in [0, 0.05) is 18.4 Å². The van der Waals surface area contributed by atoms with E-state index in [-0.39, 0.29) is 4.90 Å². The molecule has 2 aliphatic rings. The van der Waals surface area contributed by atoms with Crippen LogP contribution < -0.4 is 4.74 Å². The Morgan fingerprint density at radius 3 is 2.22 bits per heavy atom. The minimum Gasteiger partial charge on any atom is -0.481 e. The molecule has 6 rings (SSSR count). The number of aromatic nitrogens is 3. The molecular weight excluding hydrogens is 538 g/mol. The van der Waals surface area contributed by atoms with Crippen molar-refractivity contribution in [2.75, 3.05) is 6.26 Å². The molecular formula is C32H33N3O5S. The van der Waals surface area contributed by atoms with Gasteiger partial charge in [-0.15, -0.1) is 0 Å². The summed E-state index contributed by atoms with van der Waals surface area (Å²) in [5.41, 5.74) is -0.400. The Hall–Kier alpha value is -3.98. The van der Waals surface area contributed by atoms with E-state index in [9.17, 15) is 18.3 Å². The summed E-state index contributed by atoms with van der Waals surface area (Å²) in [6.07, 6.45) is 4.80. The minimum atomic E-state index is -3.45. The fraction of sp³-hybridized carbons (Fsp3) is 0.344. The summed E-state index contributed by atoms with van der Waals surface area (Å²) < 4.78 is 33.3. The topological polar surface area (TPSA) is 111 Å². The van der Waals surface area contributed by atoms with Crippen LogP contribution in [0.3, 0.4) is 0 Å². The van der Waals surface area contributed by atoms with Gasteiger partial charge in [-0.1, -0.05) is 66.7 Å². The molecule has 2 aliphatic carbocycles. The fourth-order valence-electron chi connectivity index (χ4n) is 5.84. The first-order valence-corrected chi connectivity index (χ1v) is 15.9. The van der Waals surface area contributed by atoms with Gasteiger partial charge in [-0.2, -0.15) is 5.10 Å². The zero-order chi connectivity index (χ0) is 28.7. The maximum absolute atomic E-state index is 12.8. The number of hydrogen-bond acceptors (Lipinski definition) is 6. The molecule has 4 aromatic rings. The second-order valence-corrected chi connectivity index (χ2v) is 13.4. The maximum Gasteiger partial charge on any atom is 0.314 e.